The van der Waals surface area contributed by atoms with Crippen LogP contribution in [-0.4, -0.2) is 88.5 Å². The van der Waals surface area contributed by atoms with Crippen LogP contribution in [0.3, 0.4) is 0 Å². The molecule has 0 fully saturated rings. The van der Waals surface area contributed by atoms with Crippen molar-refractivity contribution in [2.75, 3.05) is 26.2 Å². The lowest BCUT2D eigenvalue weighted by Gasteiger charge is -2.19. The normalized spacial score (nSPS) is 14.2. The first kappa shape index (κ1) is 38.9. The average Bonchev–Trinajstić information content (AvgIpc) is 3.36. The summed E-state index contributed by atoms with van der Waals surface area (Å²) in [5.41, 5.74) is 4.18. The number of ketones is 1. The molecule has 2 N–H and O–H groups in total. The predicted molar refractivity (Wildman–Crippen MR) is 156 cm³/mol. The lowest BCUT2D eigenvalue weighted by molar-refractivity contribution is -0.155. The Labute approximate surface area is 251 Å². The molecule has 0 aromatic carbocycles. The van der Waals surface area contributed by atoms with Gasteiger partial charge in [0.25, 0.3) is 23.6 Å². The van der Waals surface area contributed by atoms with Gasteiger partial charge in [0.15, 0.2) is 0 Å². The molecule has 4 amide bonds. The number of imide groups is 2. The molecule has 0 bridgehead atoms. The quantitative estimate of drug-likeness (QED) is 0.182. The van der Waals surface area contributed by atoms with Crippen LogP contribution in [0, 0.1) is 4.91 Å². The van der Waals surface area contributed by atoms with Crippen LogP contribution in [-0.2, 0) is 43.0 Å². The molecule has 0 aromatic rings. The van der Waals surface area contributed by atoms with Gasteiger partial charge in [-0.3, -0.25) is 43.4 Å². The van der Waals surface area contributed by atoms with Crippen molar-refractivity contribution in [2.24, 2.45) is 10.9 Å². The van der Waals surface area contributed by atoms with E-state index >= 15 is 0 Å². The van der Waals surface area contributed by atoms with Crippen LogP contribution in [0.4, 0.5) is 0 Å². The minimum absolute atomic E-state index is 0.00505. The molecular formula is C29H44N4O10. The third kappa shape index (κ3) is 18.9. The number of hydrogen-bond acceptors (Lipinski definition) is 12. The largest absolute Gasteiger partial charge is 0.460 e. The van der Waals surface area contributed by atoms with E-state index in [1.54, 1.807) is 41.5 Å². The number of amides is 4. The SMILES string of the molecule is CC(C)(C)OC(=O)CCCC(=O)CCCN1C(=O)C=CC1=O.CC(C)(C)OC(=O)CCN=O.NCCN1C(=O)C=CC1=O. The third-order valence-corrected chi connectivity index (χ3v) is 5.07. The van der Waals surface area contributed by atoms with E-state index in [0.717, 1.165) is 9.80 Å². The molecular weight excluding hydrogens is 564 g/mol. The van der Waals surface area contributed by atoms with Crippen LogP contribution in [0.15, 0.2) is 29.5 Å². The Morgan fingerprint density at radius 2 is 1.07 bits per heavy atom. The van der Waals surface area contributed by atoms with Gasteiger partial charge in [-0.15, -0.1) is 0 Å². The standard InChI is InChI=1S/C16H23NO5.C7H13NO3.C6H8N2O2/c1-16(2,3)22-15(21)8-4-6-12(18)7-5-11-17-13(19)9-10-14(17)20;1-7(2,3)11-6(9)4-5-8-10;7-3-4-8-5(9)1-2-6(8)10/h9-10H,4-8,11H2,1-3H3;4-5H2,1-3H3;1-2H,3-4,7H2. The maximum atomic E-state index is 11.7. The second kappa shape index (κ2) is 19.2. The van der Waals surface area contributed by atoms with E-state index < -0.39 is 11.2 Å². The molecule has 0 unspecified atom stereocenters. The van der Waals surface area contributed by atoms with Crippen molar-refractivity contribution in [1.82, 2.24) is 9.80 Å². The number of carbonyl (C=O) groups is 7. The number of hydrogen-bond donors (Lipinski definition) is 1. The molecule has 0 atom stereocenters. The fourth-order valence-corrected chi connectivity index (χ4v) is 3.34. The number of rotatable bonds is 13. The molecule has 0 saturated heterocycles. The number of nitrogens with zero attached hydrogens (tertiary/aromatic N) is 3. The van der Waals surface area contributed by atoms with Gasteiger partial charge in [-0.1, -0.05) is 5.18 Å². The summed E-state index contributed by atoms with van der Waals surface area (Å²) in [7, 11) is 0. The maximum Gasteiger partial charge on any atom is 0.308 e. The third-order valence-electron chi connectivity index (χ3n) is 5.07. The van der Waals surface area contributed by atoms with Crippen molar-refractivity contribution in [1.29, 1.82) is 0 Å². The lowest BCUT2D eigenvalue weighted by Crippen LogP contribution is -2.34. The monoisotopic (exact) mass is 608 g/mol. The number of nitroso groups, excluding NO2 is 1. The Balaban J connectivity index is 0.000000699. The van der Waals surface area contributed by atoms with E-state index in [9.17, 15) is 38.5 Å². The van der Waals surface area contributed by atoms with Crippen LogP contribution >= 0.6 is 0 Å². The molecule has 2 aliphatic rings. The van der Waals surface area contributed by atoms with Crippen molar-refractivity contribution in [2.45, 2.75) is 91.3 Å². The van der Waals surface area contributed by atoms with Gasteiger partial charge in [0.2, 0.25) is 0 Å². The Morgan fingerprint density at radius 1 is 0.674 bits per heavy atom. The number of nitrogens with two attached hydrogens (primary N) is 1. The van der Waals surface area contributed by atoms with E-state index in [4.69, 9.17) is 15.2 Å². The zero-order valence-electron chi connectivity index (χ0n) is 25.9. The molecule has 14 nitrogen and oxygen atoms in total. The molecule has 14 heteroatoms. The molecule has 0 radical (unpaired) electrons. The summed E-state index contributed by atoms with van der Waals surface area (Å²) in [5, 5.41) is 2.55. The highest BCUT2D eigenvalue weighted by Crippen LogP contribution is 2.12. The molecule has 240 valence electrons. The Kier molecular flexibility index (Phi) is 17.4. The Hall–Kier alpha value is -4.07. The minimum Gasteiger partial charge on any atom is -0.460 e. The second-order valence-corrected chi connectivity index (χ2v) is 11.4. The van der Waals surface area contributed by atoms with Gasteiger partial charge in [-0.2, -0.15) is 4.91 Å². The van der Waals surface area contributed by atoms with E-state index in [1.165, 1.54) is 24.3 Å². The van der Waals surface area contributed by atoms with Crippen molar-refractivity contribution in [3.8, 4) is 0 Å². The lowest BCUT2D eigenvalue weighted by atomic mass is 10.1. The second-order valence-electron chi connectivity index (χ2n) is 11.4. The van der Waals surface area contributed by atoms with Gasteiger partial charge in [0.05, 0.1) is 13.0 Å². The summed E-state index contributed by atoms with van der Waals surface area (Å²) < 4.78 is 10.1. The number of carbonyl (C=O) groups excluding carboxylic acids is 7. The minimum atomic E-state index is -0.510. The summed E-state index contributed by atoms with van der Waals surface area (Å²) in [5.74, 6) is -1.86. The van der Waals surface area contributed by atoms with Crippen molar-refractivity contribution in [3.63, 3.8) is 0 Å². The summed E-state index contributed by atoms with van der Waals surface area (Å²) in [6, 6.07) is 0. The van der Waals surface area contributed by atoms with Crippen molar-refractivity contribution < 1.29 is 43.0 Å². The Bertz CT molecular complexity index is 1050. The van der Waals surface area contributed by atoms with Crippen LogP contribution in [0.1, 0.15) is 80.1 Å². The van der Waals surface area contributed by atoms with Crippen molar-refractivity contribution in [3.05, 3.63) is 29.2 Å². The predicted octanol–water partition coefficient (Wildman–Crippen LogP) is 2.13. The van der Waals surface area contributed by atoms with Gasteiger partial charge >= 0.3 is 11.9 Å². The van der Waals surface area contributed by atoms with Gasteiger partial charge in [0, 0.05) is 63.2 Å². The fraction of sp³-hybridized carbons (Fsp3) is 0.621. The van der Waals surface area contributed by atoms with E-state index in [-0.39, 0.29) is 67.3 Å². The summed E-state index contributed by atoms with van der Waals surface area (Å²) >= 11 is 0. The van der Waals surface area contributed by atoms with Crippen LogP contribution < -0.4 is 5.73 Å². The molecule has 0 saturated carbocycles. The highest BCUT2D eigenvalue weighted by Gasteiger charge is 2.23. The molecule has 43 heavy (non-hydrogen) atoms. The average molecular weight is 609 g/mol. The van der Waals surface area contributed by atoms with Gasteiger partial charge in [0.1, 0.15) is 17.0 Å². The fourth-order valence-electron chi connectivity index (χ4n) is 3.34. The van der Waals surface area contributed by atoms with Gasteiger partial charge < -0.3 is 15.2 Å². The molecule has 0 aromatic heterocycles. The van der Waals surface area contributed by atoms with Crippen LogP contribution in [0.5, 0.6) is 0 Å². The molecule has 2 aliphatic heterocycles. The van der Waals surface area contributed by atoms with Gasteiger partial charge in [-0.25, -0.2) is 0 Å². The highest BCUT2D eigenvalue weighted by molar-refractivity contribution is 6.13. The maximum absolute atomic E-state index is 11.7. The first-order valence-electron chi connectivity index (χ1n) is 13.9. The number of ether oxygens (including phenoxy) is 2. The topological polar surface area (TPSA) is 200 Å². The van der Waals surface area contributed by atoms with Crippen LogP contribution in [0.2, 0.25) is 0 Å². The van der Waals surface area contributed by atoms with Gasteiger partial charge in [-0.05, 0) is 54.4 Å². The summed E-state index contributed by atoms with van der Waals surface area (Å²) in [6.45, 7) is 11.6. The van der Waals surface area contributed by atoms with E-state index in [0.29, 0.717) is 38.8 Å². The first-order chi connectivity index (χ1) is 19.9. The van der Waals surface area contributed by atoms with E-state index in [2.05, 4.69) is 5.18 Å². The van der Waals surface area contributed by atoms with E-state index in [1.807, 2.05) is 0 Å². The molecule has 2 rings (SSSR count). The molecule has 2 heterocycles. The highest BCUT2D eigenvalue weighted by atomic mass is 16.6. The zero-order chi connectivity index (χ0) is 33.2. The summed E-state index contributed by atoms with van der Waals surface area (Å²) in [4.78, 5) is 89.9. The summed E-state index contributed by atoms with van der Waals surface area (Å²) in [6.07, 6.45) is 6.74. The smallest absolute Gasteiger partial charge is 0.308 e. The van der Waals surface area contributed by atoms with Crippen LogP contribution in [0.25, 0.3) is 0 Å². The molecule has 0 spiro atoms. The molecule has 0 aliphatic carbocycles. The number of esters is 2. The number of Topliss-reactive ketones (excluding diaryl/α,β-unsaturated/α-hetero) is 1. The Morgan fingerprint density at radius 3 is 1.47 bits per heavy atom. The first-order valence-corrected chi connectivity index (χ1v) is 13.9. The zero-order valence-corrected chi connectivity index (χ0v) is 25.9. The van der Waals surface area contributed by atoms with Crippen molar-refractivity contribution >= 4 is 41.4 Å².